The summed E-state index contributed by atoms with van der Waals surface area (Å²) in [6.07, 6.45) is -0.270. The number of hydrogen-bond acceptors (Lipinski definition) is 10. The van der Waals surface area contributed by atoms with Crippen molar-refractivity contribution in [3.8, 4) is 0 Å². The predicted molar refractivity (Wildman–Crippen MR) is 245 cm³/mol. The Morgan fingerprint density at radius 2 is 1.55 bits per heavy atom. The van der Waals surface area contributed by atoms with Gasteiger partial charge in [0.05, 0.1) is 36.4 Å². The minimum atomic E-state index is -2.29. The van der Waals surface area contributed by atoms with Crippen LogP contribution in [0.4, 0.5) is 0 Å². The second-order valence-corrected chi connectivity index (χ2v) is 30.9. The Labute approximate surface area is 365 Å². The Balaban J connectivity index is 1.83. The zero-order chi connectivity index (χ0) is 44.3. The van der Waals surface area contributed by atoms with Gasteiger partial charge in [0.15, 0.2) is 37.6 Å². The number of benzene rings is 1. The Hall–Kier alpha value is -1.95. The average Bonchev–Trinajstić information content (AvgIpc) is 3.65. The number of esters is 2. The van der Waals surface area contributed by atoms with E-state index < -0.39 is 90.7 Å². The fourth-order valence-electron chi connectivity index (χ4n) is 11.4. The Kier molecular flexibility index (Phi) is 16.2. The average molecular weight is 887 g/mol. The van der Waals surface area contributed by atoms with Crippen LogP contribution in [0.25, 0.3) is 0 Å². The maximum atomic E-state index is 14.5. The van der Waals surface area contributed by atoms with Gasteiger partial charge in [0.2, 0.25) is 0 Å². The monoisotopic (exact) mass is 886 g/mol. The second kappa shape index (κ2) is 19.8. The molecule has 2 aliphatic heterocycles. The number of hydrogen-bond donors (Lipinski definition) is 0. The van der Waals surface area contributed by atoms with Crippen LogP contribution in [0.1, 0.15) is 106 Å². The molecule has 2 aliphatic carbocycles. The molecule has 338 valence electrons. The topological polar surface area (TPSA) is 108 Å². The van der Waals surface area contributed by atoms with E-state index in [-0.39, 0.29) is 18.8 Å². The molecular formula is C47H78O10Si3. The lowest BCUT2D eigenvalue weighted by Gasteiger charge is -2.67. The number of carbonyl (C=O) groups is 2. The molecular weight excluding hydrogens is 809 g/mol. The van der Waals surface area contributed by atoms with Gasteiger partial charge in [-0.05, 0) is 104 Å². The fraction of sp³-hybridized carbons (Fsp3) is 0.745. The molecule has 2 heterocycles. The summed E-state index contributed by atoms with van der Waals surface area (Å²) in [5, 5.41) is 0. The van der Waals surface area contributed by atoms with E-state index >= 15 is 0 Å². The van der Waals surface area contributed by atoms with Gasteiger partial charge in [-0.15, -0.1) is 0 Å². The lowest BCUT2D eigenvalue weighted by molar-refractivity contribution is -0.345. The van der Waals surface area contributed by atoms with E-state index in [0.717, 1.165) is 53.8 Å². The van der Waals surface area contributed by atoms with Gasteiger partial charge in [-0.1, -0.05) is 87.1 Å². The second-order valence-electron chi connectivity index (χ2n) is 19.0. The van der Waals surface area contributed by atoms with Crippen molar-refractivity contribution in [2.75, 3.05) is 13.2 Å². The van der Waals surface area contributed by atoms with Gasteiger partial charge < -0.3 is 37.0 Å². The molecule has 0 radical (unpaired) electrons. The standard InChI is InChI=1S/C47H78O10Si3/c1-15-39-53-41-40(32(8)35(27-28-51-58(13)14)56-59(16-2,17-3)18-4)45(10,11)30-36(52-44(49)34-25-23-22-24-26-34)42-46(12,43(41)54-39)37(57-60(19-5,20-6)21-7)29-38-47(42,31-50-38)55-33(9)48/h15,22-26,35-39,41-43,58H,1,16-21,27-31H2,2-14H3/t35?,36?,37?,38?,39?,41?,42?,43?,46-,47?/m1/s1. The smallest absolute Gasteiger partial charge is 0.338 e. The number of rotatable bonds is 19. The van der Waals surface area contributed by atoms with Gasteiger partial charge >= 0.3 is 11.9 Å². The Morgan fingerprint density at radius 1 is 0.933 bits per heavy atom. The Morgan fingerprint density at radius 3 is 2.07 bits per heavy atom. The van der Waals surface area contributed by atoms with Gasteiger partial charge in [0.1, 0.15) is 18.3 Å². The molecule has 1 aromatic rings. The number of carbonyl (C=O) groups excluding carboxylic acids is 2. The van der Waals surface area contributed by atoms with E-state index in [0.29, 0.717) is 25.0 Å². The van der Waals surface area contributed by atoms with Gasteiger partial charge in [0.25, 0.3) is 0 Å². The summed E-state index contributed by atoms with van der Waals surface area (Å²) in [6.45, 7) is 33.3. The molecule has 1 aromatic carbocycles. The summed E-state index contributed by atoms with van der Waals surface area (Å²) < 4.78 is 55.7. The molecule has 4 aliphatic rings. The van der Waals surface area contributed by atoms with Crippen LogP contribution in [0.3, 0.4) is 0 Å². The number of fused-ring (bicyclic) bond motifs is 5. The van der Waals surface area contributed by atoms with Crippen LogP contribution < -0.4 is 0 Å². The quantitative estimate of drug-likeness (QED) is 0.0757. The molecule has 2 saturated heterocycles. The van der Waals surface area contributed by atoms with Crippen LogP contribution in [0, 0.1) is 16.7 Å². The highest BCUT2D eigenvalue weighted by Crippen LogP contribution is 2.64. The third-order valence-corrected chi connectivity index (χ3v) is 25.3. The fourth-order valence-corrected chi connectivity index (χ4v) is 17.8. The zero-order valence-electron chi connectivity index (χ0n) is 39.2. The van der Waals surface area contributed by atoms with Crippen LogP contribution in [0.5, 0.6) is 0 Å². The molecule has 10 nitrogen and oxygen atoms in total. The molecule has 2 saturated carbocycles. The van der Waals surface area contributed by atoms with E-state index in [9.17, 15) is 9.59 Å². The largest absolute Gasteiger partial charge is 0.458 e. The molecule has 0 N–H and O–H groups in total. The first-order chi connectivity index (χ1) is 28.4. The van der Waals surface area contributed by atoms with Crippen molar-refractivity contribution in [2.45, 2.75) is 193 Å². The molecule has 13 heteroatoms. The van der Waals surface area contributed by atoms with Crippen molar-refractivity contribution in [1.29, 1.82) is 0 Å². The van der Waals surface area contributed by atoms with E-state index in [1.165, 1.54) is 6.92 Å². The maximum absolute atomic E-state index is 14.5. The van der Waals surface area contributed by atoms with Gasteiger partial charge in [0, 0.05) is 25.4 Å². The summed E-state index contributed by atoms with van der Waals surface area (Å²) in [6, 6.07) is 15.0. The third-order valence-electron chi connectivity index (χ3n) is 15.1. The van der Waals surface area contributed by atoms with E-state index in [4.69, 9.17) is 37.0 Å². The molecule has 0 bridgehead atoms. The lowest BCUT2D eigenvalue weighted by Crippen LogP contribution is -2.79. The van der Waals surface area contributed by atoms with Gasteiger partial charge in [-0.2, -0.15) is 0 Å². The van der Waals surface area contributed by atoms with Crippen LogP contribution in [0.2, 0.25) is 49.4 Å². The van der Waals surface area contributed by atoms with Crippen molar-refractivity contribution in [1.82, 2.24) is 0 Å². The van der Waals surface area contributed by atoms with E-state index in [1.54, 1.807) is 18.2 Å². The number of ether oxygens (including phenoxy) is 5. The third kappa shape index (κ3) is 9.45. The summed E-state index contributed by atoms with van der Waals surface area (Å²) in [4.78, 5) is 27.8. The predicted octanol–water partition coefficient (Wildman–Crippen LogP) is 10.2. The molecule has 0 spiro atoms. The zero-order valence-corrected chi connectivity index (χ0v) is 42.4. The molecule has 60 heavy (non-hydrogen) atoms. The SMILES string of the molecule is C=CC1OC2C(=C(C)C(CCO[SiH](C)C)O[Si](CC)(CC)CC)C(C)(C)CC(OC(=O)c3ccccc3)C3C4(OC(C)=O)COC4CC(O[Si](CC)(CC)CC)[C@@]3(C)C2O1. The molecule has 0 amide bonds. The van der Waals surface area contributed by atoms with Crippen molar-refractivity contribution >= 4 is 37.6 Å². The summed E-state index contributed by atoms with van der Waals surface area (Å²) >= 11 is 0. The summed E-state index contributed by atoms with van der Waals surface area (Å²) in [7, 11) is -5.71. The highest BCUT2D eigenvalue weighted by Gasteiger charge is 2.75. The molecule has 5 rings (SSSR count). The molecule has 0 aromatic heterocycles. The van der Waals surface area contributed by atoms with Gasteiger partial charge in [-0.3, -0.25) is 4.79 Å². The molecule has 10 atom stereocenters. The van der Waals surface area contributed by atoms with Crippen molar-refractivity contribution in [3.63, 3.8) is 0 Å². The van der Waals surface area contributed by atoms with Gasteiger partial charge in [-0.25, -0.2) is 4.79 Å². The van der Waals surface area contributed by atoms with Crippen LogP contribution >= 0.6 is 0 Å². The van der Waals surface area contributed by atoms with Crippen molar-refractivity contribution in [3.05, 3.63) is 59.7 Å². The first-order valence-electron chi connectivity index (χ1n) is 23.1. The van der Waals surface area contributed by atoms with Crippen LogP contribution in [-0.2, 0) is 41.8 Å². The highest BCUT2D eigenvalue weighted by atomic mass is 28.4. The minimum absolute atomic E-state index is 0.180. The maximum Gasteiger partial charge on any atom is 0.338 e. The van der Waals surface area contributed by atoms with E-state index in [2.05, 4.69) is 88.9 Å². The van der Waals surface area contributed by atoms with E-state index in [1.807, 2.05) is 18.2 Å². The summed E-state index contributed by atoms with van der Waals surface area (Å²) in [5.74, 6) is -1.40. The van der Waals surface area contributed by atoms with Crippen molar-refractivity contribution < 1.29 is 46.6 Å². The lowest BCUT2D eigenvalue weighted by atomic mass is 9.48. The van der Waals surface area contributed by atoms with Crippen LogP contribution in [0.15, 0.2) is 54.1 Å². The van der Waals surface area contributed by atoms with Crippen LogP contribution in [-0.4, -0.2) is 99.3 Å². The first kappa shape index (κ1) is 49.1. The first-order valence-corrected chi connectivity index (χ1v) is 30.9. The highest BCUT2D eigenvalue weighted by molar-refractivity contribution is 6.74. The molecule has 9 unspecified atom stereocenters. The Bertz CT molecular complexity index is 1640. The minimum Gasteiger partial charge on any atom is -0.458 e. The normalized spacial score (nSPS) is 32.7. The van der Waals surface area contributed by atoms with Crippen molar-refractivity contribution in [2.24, 2.45) is 16.7 Å². The summed E-state index contributed by atoms with van der Waals surface area (Å²) in [5.41, 5.74) is 0.0388. The molecule has 4 fully saturated rings.